The van der Waals surface area contributed by atoms with Crippen molar-refractivity contribution in [3.8, 4) is 0 Å². The van der Waals surface area contributed by atoms with Crippen molar-refractivity contribution < 1.29 is 9.90 Å². The van der Waals surface area contributed by atoms with E-state index in [2.05, 4.69) is 15.5 Å². The molecular formula is C8H14N4O2S. The third kappa shape index (κ3) is 2.93. The molecule has 0 saturated carbocycles. The normalized spacial score (nSPS) is 12.7. The van der Waals surface area contributed by atoms with Gasteiger partial charge in [-0.1, -0.05) is 11.8 Å². The molecule has 0 spiro atoms. The molecule has 84 valence electrons. The fraction of sp³-hybridized carbons (Fsp3) is 0.625. The lowest BCUT2D eigenvalue weighted by molar-refractivity contribution is -0.138. The van der Waals surface area contributed by atoms with Crippen LogP contribution in [-0.4, -0.2) is 44.7 Å². The summed E-state index contributed by atoms with van der Waals surface area (Å²) < 4.78 is 1.83. The zero-order valence-electron chi connectivity index (χ0n) is 8.89. The Balaban J connectivity index is 2.56. The molecule has 0 aromatic carbocycles. The van der Waals surface area contributed by atoms with Crippen LogP contribution in [0.3, 0.4) is 0 Å². The van der Waals surface area contributed by atoms with Crippen LogP contribution >= 0.6 is 11.8 Å². The van der Waals surface area contributed by atoms with Crippen LogP contribution in [0.15, 0.2) is 5.16 Å². The van der Waals surface area contributed by atoms with Crippen molar-refractivity contribution in [1.82, 2.24) is 20.1 Å². The van der Waals surface area contributed by atoms with Crippen LogP contribution in [0.25, 0.3) is 0 Å². The van der Waals surface area contributed by atoms with E-state index in [1.807, 2.05) is 18.5 Å². The van der Waals surface area contributed by atoms with Gasteiger partial charge >= 0.3 is 5.97 Å². The number of rotatable bonds is 5. The molecule has 0 saturated heterocycles. The minimum atomic E-state index is -0.858. The first kappa shape index (κ1) is 12.0. The molecule has 1 heterocycles. The molecule has 1 unspecified atom stereocenters. The summed E-state index contributed by atoms with van der Waals surface area (Å²) in [5.74, 6) is 0.385. The van der Waals surface area contributed by atoms with Crippen molar-refractivity contribution in [2.75, 3.05) is 12.8 Å². The zero-order chi connectivity index (χ0) is 11.4. The minimum Gasteiger partial charge on any atom is -0.480 e. The Morgan fingerprint density at radius 2 is 2.33 bits per heavy atom. The number of hydrogen-bond acceptors (Lipinski definition) is 5. The maximum atomic E-state index is 10.7. The largest absolute Gasteiger partial charge is 0.480 e. The smallest absolute Gasteiger partial charge is 0.321 e. The number of carboxylic acids is 1. The van der Waals surface area contributed by atoms with Gasteiger partial charge in [0.25, 0.3) is 0 Å². The number of carbonyl (C=O) groups is 1. The van der Waals surface area contributed by atoms with Gasteiger partial charge in [0, 0.05) is 12.8 Å². The lowest BCUT2D eigenvalue weighted by Crippen LogP contribution is -2.36. The summed E-state index contributed by atoms with van der Waals surface area (Å²) >= 11 is 1.37. The Labute approximate surface area is 92.1 Å². The van der Waals surface area contributed by atoms with Gasteiger partial charge < -0.3 is 15.0 Å². The second-order valence-electron chi connectivity index (χ2n) is 3.08. The molecule has 15 heavy (non-hydrogen) atoms. The van der Waals surface area contributed by atoms with E-state index >= 15 is 0 Å². The maximum absolute atomic E-state index is 10.7. The number of likely N-dealkylation sites (N-methyl/N-ethyl adjacent to an activating group) is 1. The SMILES string of the molecule is CNC(CSc1nnc(C)n1C)C(=O)O. The van der Waals surface area contributed by atoms with Crippen molar-refractivity contribution >= 4 is 17.7 Å². The second-order valence-corrected chi connectivity index (χ2v) is 4.07. The Morgan fingerprint density at radius 3 is 2.73 bits per heavy atom. The van der Waals surface area contributed by atoms with Crippen molar-refractivity contribution in [1.29, 1.82) is 0 Å². The molecule has 0 fully saturated rings. The van der Waals surface area contributed by atoms with E-state index in [9.17, 15) is 4.79 Å². The number of hydrogen-bond donors (Lipinski definition) is 2. The Morgan fingerprint density at radius 1 is 1.67 bits per heavy atom. The number of nitrogens with zero attached hydrogens (tertiary/aromatic N) is 3. The van der Waals surface area contributed by atoms with Gasteiger partial charge in [-0.3, -0.25) is 4.79 Å². The van der Waals surface area contributed by atoms with Gasteiger partial charge in [-0.2, -0.15) is 0 Å². The molecule has 0 aliphatic carbocycles. The maximum Gasteiger partial charge on any atom is 0.321 e. The molecule has 0 bridgehead atoms. The van der Waals surface area contributed by atoms with Crippen LogP contribution in [0.1, 0.15) is 5.82 Å². The van der Waals surface area contributed by atoms with E-state index in [0.29, 0.717) is 5.75 Å². The highest BCUT2D eigenvalue weighted by Crippen LogP contribution is 2.16. The van der Waals surface area contributed by atoms with Gasteiger partial charge in [0.2, 0.25) is 0 Å². The summed E-state index contributed by atoms with van der Waals surface area (Å²) in [6.07, 6.45) is 0. The second kappa shape index (κ2) is 5.13. The van der Waals surface area contributed by atoms with Crippen molar-refractivity contribution in [2.45, 2.75) is 18.1 Å². The molecular weight excluding hydrogens is 216 g/mol. The van der Waals surface area contributed by atoms with E-state index in [1.165, 1.54) is 11.8 Å². The number of thioether (sulfide) groups is 1. The molecule has 0 radical (unpaired) electrons. The molecule has 1 aromatic rings. The number of nitrogens with one attached hydrogen (secondary N) is 1. The third-order valence-electron chi connectivity index (χ3n) is 2.08. The lowest BCUT2D eigenvalue weighted by atomic mass is 10.3. The van der Waals surface area contributed by atoms with Gasteiger partial charge in [0.05, 0.1) is 0 Å². The minimum absolute atomic E-state index is 0.428. The molecule has 2 N–H and O–H groups in total. The van der Waals surface area contributed by atoms with Crippen LogP contribution in [-0.2, 0) is 11.8 Å². The monoisotopic (exact) mass is 230 g/mol. The molecule has 0 aliphatic rings. The van der Waals surface area contributed by atoms with Gasteiger partial charge in [-0.15, -0.1) is 10.2 Å². The summed E-state index contributed by atoms with van der Waals surface area (Å²) in [5, 5.41) is 20.1. The number of carboxylic acid groups (broad SMARTS) is 1. The standard InChI is InChI=1S/C8H14N4O2S/c1-5-10-11-8(12(5)3)15-4-6(9-2)7(13)14/h6,9H,4H2,1-3H3,(H,13,14). The van der Waals surface area contributed by atoms with E-state index < -0.39 is 12.0 Å². The fourth-order valence-corrected chi connectivity index (χ4v) is 2.00. The van der Waals surface area contributed by atoms with E-state index in [4.69, 9.17) is 5.11 Å². The number of aromatic nitrogens is 3. The van der Waals surface area contributed by atoms with E-state index in [-0.39, 0.29) is 0 Å². The molecule has 6 nitrogen and oxygen atoms in total. The highest BCUT2D eigenvalue weighted by Gasteiger charge is 2.16. The summed E-state index contributed by atoms with van der Waals surface area (Å²) in [6.45, 7) is 1.85. The van der Waals surface area contributed by atoms with Crippen molar-refractivity contribution in [3.05, 3.63) is 5.82 Å². The van der Waals surface area contributed by atoms with Crippen LogP contribution < -0.4 is 5.32 Å². The van der Waals surface area contributed by atoms with E-state index in [1.54, 1.807) is 7.05 Å². The summed E-state index contributed by atoms with van der Waals surface area (Å²) in [7, 11) is 3.48. The molecule has 7 heteroatoms. The first-order chi connectivity index (χ1) is 7.06. The number of aryl methyl sites for hydroxylation is 1. The molecule has 1 aromatic heterocycles. The van der Waals surface area contributed by atoms with Crippen molar-refractivity contribution in [3.63, 3.8) is 0 Å². The van der Waals surface area contributed by atoms with Crippen LogP contribution in [0.4, 0.5) is 0 Å². The molecule has 0 amide bonds. The average Bonchev–Trinajstić information content (AvgIpc) is 2.49. The lowest BCUT2D eigenvalue weighted by Gasteiger charge is -2.09. The molecule has 1 atom stereocenters. The van der Waals surface area contributed by atoms with Crippen LogP contribution in [0.5, 0.6) is 0 Å². The van der Waals surface area contributed by atoms with Gasteiger partial charge in [-0.05, 0) is 14.0 Å². The molecule has 0 aliphatic heterocycles. The van der Waals surface area contributed by atoms with Crippen LogP contribution in [0.2, 0.25) is 0 Å². The topological polar surface area (TPSA) is 80.0 Å². The van der Waals surface area contributed by atoms with Crippen LogP contribution in [0, 0.1) is 6.92 Å². The predicted octanol–water partition coefficient (Wildman–Crippen LogP) is -0.112. The Kier molecular flexibility index (Phi) is 4.10. The predicted molar refractivity (Wildman–Crippen MR) is 56.9 cm³/mol. The Hall–Kier alpha value is -1.08. The average molecular weight is 230 g/mol. The van der Waals surface area contributed by atoms with Gasteiger partial charge in [-0.25, -0.2) is 0 Å². The highest BCUT2D eigenvalue weighted by atomic mass is 32.2. The van der Waals surface area contributed by atoms with E-state index in [0.717, 1.165) is 11.0 Å². The number of aliphatic carboxylic acids is 1. The highest BCUT2D eigenvalue weighted by molar-refractivity contribution is 7.99. The van der Waals surface area contributed by atoms with Crippen molar-refractivity contribution in [2.24, 2.45) is 7.05 Å². The first-order valence-corrected chi connectivity index (χ1v) is 5.43. The fourth-order valence-electron chi connectivity index (χ4n) is 0.949. The molecule has 1 rings (SSSR count). The first-order valence-electron chi connectivity index (χ1n) is 4.45. The summed E-state index contributed by atoms with van der Waals surface area (Å²) in [5.41, 5.74) is 0. The van der Waals surface area contributed by atoms with Gasteiger partial charge in [0.15, 0.2) is 5.16 Å². The Bertz CT molecular complexity index is 352. The van der Waals surface area contributed by atoms with Gasteiger partial charge in [0.1, 0.15) is 11.9 Å². The zero-order valence-corrected chi connectivity index (χ0v) is 9.71. The third-order valence-corrected chi connectivity index (χ3v) is 3.19. The summed E-state index contributed by atoms with van der Waals surface area (Å²) in [6, 6.07) is -0.563. The quantitative estimate of drug-likeness (QED) is 0.687. The summed E-state index contributed by atoms with van der Waals surface area (Å²) in [4.78, 5) is 10.7.